The third-order valence-electron chi connectivity index (χ3n) is 1.96. The second kappa shape index (κ2) is 3.38. The first-order valence-corrected chi connectivity index (χ1v) is 4.17. The van der Waals surface area contributed by atoms with Crippen LogP contribution in [-0.4, -0.2) is 32.2 Å². The highest BCUT2D eigenvalue weighted by molar-refractivity contribution is 5.88. The number of carboxylic acids is 1. The fourth-order valence-electron chi connectivity index (χ4n) is 1.09. The lowest BCUT2D eigenvalue weighted by molar-refractivity contribution is 0.0692. The molecule has 76 valence electrons. The first kappa shape index (κ1) is 10.7. The van der Waals surface area contributed by atoms with Gasteiger partial charge in [0.05, 0.1) is 26.7 Å². The molecule has 0 aromatic heterocycles. The number of carboxylic acid groups (broad SMARTS) is 1. The van der Waals surface area contributed by atoms with Gasteiger partial charge in [0.15, 0.2) is 0 Å². The largest absolute Gasteiger partial charge is 0.478 e. The van der Waals surface area contributed by atoms with Crippen molar-refractivity contribution in [2.24, 2.45) is 0 Å². The highest BCUT2D eigenvalue weighted by Gasteiger charge is 2.17. The van der Waals surface area contributed by atoms with Crippen molar-refractivity contribution in [1.29, 1.82) is 0 Å². The molecule has 0 unspecified atom stereocenters. The van der Waals surface area contributed by atoms with Gasteiger partial charge in [-0.15, -0.1) is 0 Å². The van der Waals surface area contributed by atoms with Gasteiger partial charge in [0.2, 0.25) is 0 Å². The number of quaternary nitrogens is 1. The molecule has 0 fully saturated rings. The van der Waals surface area contributed by atoms with Crippen LogP contribution in [0.5, 0.6) is 0 Å². The Balaban J connectivity index is 3.20. The van der Waals surface area contributed by atoms with Crippen LogP contribution in [0.2, 0.25) is 0 Å². The van der Waals surface area contributed by atoms with E-state index in [1.54, 1.807) is 6.07 Å². The van der Waals surface area contributed by atoms with Crippen LogP contribution in [0.25, 0.3) is 0 Å². The Morgan fingerprint density at radius 1 is 1.36 bits per heavy atom. The van der Waals surface area contributed by atoms with Gasteiger partial charge >= 0.3 is 5.97 Å². The number of aromatic carboxylic acids is 1. The summed E-state index contributed by atoms with van der Waals surface area (Å²) >= 11 is 0. The van der Waals surface area contributed by atoms with E-state index < -0.39 is 11.8 Å². The molecular weight excluding hydrogens is 185 g/mol. The average molecular weight is 198 g/mol. The Kier molecular flexibility index (Phi) is 2.57. The van der Waals surface area contributed by atoms with Crippen molar-refractivity contribution in [3.05, 3.63) is 29.6 Å². The SMILES string of the molecule is C[N+](C)(C)c1ccc(C(=O)O)c(F)c1. The number of halogens is 1. The summed E-state index contributed by atoms with van der Waals surface area (Å²) in [4.78, 5) is 10.5. The summed E-state index contributed by atoms with van der Waals surface area (Å²) in [5, 5.41) is 8.61. The summed E-state index contributed by atoms with van der Waals surface area (Å²) in [5.74, 6) is -1.93. The quantitative estimate of drug-likeness (QED) is 0.735. The molecule has 0 bridgehead atoms. The molecule has 0 aliphatic rings. The second-order valence-corrected chi connectivity index (χ2v) is 3.98. The van der Waals surface area contributed by atoms with Gasteiger partial charge < -0.3 is 5.11 Å². The third kappa shape index (κ3) is 2.09. The minimum absolute atomic E-state index is 0.290. The molecule has 3 nitrogen and oxygen atoms in total. The molecule has 1 N–H and O–H groups in total. The maximum Gasteiger partial charge on any atom is 0.338 e. The van der Waals surface area contributed by atoms with Crippen LogP contribution < -0.4 is 4.48 Å². The van der Waals surface area contributed by atoms with Crippen LogP contribution in [-0.2, 0) is 0 Å². The maximum atomic E-state index is 13.2. The predicted molar refractivity (Wildman–Crippen MR) is 52.9 cm³/mol. The van der Waals surface area contributed by atoms with Crippen molar-refractivity contribution in [3.63, 3.8) is 0 Å². The predicted octanol–water partition coefficient (Wildman–Crippen LogP) is 1.72. The summed E-state index contributed by atoms with van der Waals surface area (Å²) in [6.45, 7) is 0. The third-order valence-corrected chi connectivity index (χ3v) is 1.96. The Hall–Kier alpha value is -1.42. The Morgan fingerprint density at radius 3 is 2.29 bits per heavy atom. The van der Waals surface area contributed by atoms with Gasteiger partial charge in [-0.05, 0) is 6.07 Å². The molecule has 0 saturated heterocycles. The summed E-state index contributed by atoms with van der Waals surface area (Å²) in [6.07, 6.45) is 0. The van der Waals surface area contributed by atoms with Crippen LogP contribution in [0.3, 0.4) is 0 Å². The standard InChI is InChI=1S/C10H12FNO2/c1-12(2,3)7-4-5-8(10(13)14)9(11)6-7/h4-6H,1-3H3/p+1. The van der Waals surface area contributed by atoms with E-state index >= 15 is 0 Å². The molecule has 0 heterocycles. The Morgan fingerprint density at radius 2 is 1.93 bits per heavy atom. The van der Waals surface area contributed by atoms with Gasteiger partial charge in [-0.25, -0.2) is 9.18 Å². The molecule has 0 aliphatic carbocycles. The summed E-state index contributed by atoms with van der Waals surface area (Å²) in [7, 11) is 5.65. The highest BCUT2D eigenvalue weighted by Crippen LogP contribution is 2.20. The van der Waals surface area contributed by atoms with E-state index in [-0.39, 0.29) is 5.56 Å². The minimum atomic E-state index is -1.24. The lowest BCUT2D eigenvalue weighted by Gasteiger charge is -2.23. The Bertz CT molecular complexity index is 369. The van der Waals surface area contributed by atoms with Crippen LogP contribution in [0.4, 0.5) is 10.1 Å². The van der Waals surface area contributed by atoms with Crippen LogP contribution in [0.1, 0.15) is 10.4 Å². The molecule has 0 saturated carbocycles. The zero-order valence-electron chi connectivity index (χ0n) is 8.41. The monoisotopic (exact) mass is 198 g/mol. The van der Waals surface area contributed by atoms with E-state index in [2.05, 4.69) is 0 Å². The minimum Gasteiger partial charge on any atom is -0.478 e. The van der Waals surface area contributed by atoms with Crippen molar-refractivity contribution in [2.75, 3.05) is 21.1 Å². The zero-order chi connectivity index (χ0) is 10.9. The van der Waals surface area contributed by atoms with E-state index in [4.69, 9.17) is 5.11 Å². The van der Waals surface area contributed by atoms with Crippen molar-refractivity contribution >= 4 is 11.7 Å². The number of carbonyl (C=O) groups is 1. The van der Waals surface area contributed by atoms with E-state index in [9.17, 15) is 9.18 Å². The lowest BCUT2D eigenvalue weighted by atomic mass is 10.2. The van der Waals surface area contributed by atoms with Gasteiger partial charge in [-0.3, -0.25) is 4.48 Å². The first-order chi connectivity index (χ1) is 6.32. The van der Waals surface area contributed by atoms with Gasteiger partial charge in [0.25, 0.3) is 0 Å². The van der Waals surface area contributed by atoms with Gasteiger partial charge in [0, 0.05) is 12.1 Å². The van der Waals surface area contributed by atoms with Gasteiger partial charge in [-0.1, -0.05) is 0 Å². The van der Waals surface area contributed by atoms with E-state index in [0.29, 0.717) is 4.48 Å². The molecule has 0 spiro atoms. The van der Waals surface area contributed by atoms with Crippen molar-refractivity contribution in [1.82, 2.24) is 4.48 Å². The summed E-state index contributed by atoms with van der Waals surface area (Å²) in [5.41, 5.74) is 0.440. The van der Waals surface area contributed by atoms with Gasteiger partial charge in [-0.2, -0.15) is 0 Å². The molecule has 0 amide bonds. The number of hydrogen-bond acceptors (Lipinski definition) is 1. The van der Waals surface area contributed by atoms with E-state index in [1.807, 2.05) is 21.1 Å². The van der Waals surface area contributed by atoms with Crippen LogP contribution in [0.15, 0.2) is 18.2 Å². The zero-order valence-corrected chi connectivity index (χ0v) is 8.41. The summed E-state index contributed by atoms with van der Waals surface area (Å²) in [6, 6.07) is 4.16. The normalized spacial score (nSPS) is 11.4. The molecule has 0 atom stereocenters. The lowest BCUT2D eigenvalue weighted by Crippen LogP contribution is -2.34. The second-order valence-electron chi connectivity index (χ2n) is 3.98. The van der Waals surface area contributed by atoms with E-state index in [1.165, 1.54) is 12.1 Å². The van der Waals surface area contributed by atoms with E-state index in [0.717, 1.165) is 5.69 Å². The number of rotatable bonds is 2. The average Bonchev–Trinajstić information content (AvgIpc) is 2.01. The molecule has 0 radical (unpaired) electrons. The molecule has 1 aromatic carbocycles. The molecule has 0 aliphatic heterocycles. The van der Waals surface area contributed by atoms with Crippen molar-refractivity contribution < 1.29 is 14.3 Å². The number of hydrogen-bond donors (Lipinski definition) is 1. The number of benzene rings is 1. The topological polar surface area (TPSA) is 37.3 Å². The molecule has 4 heteroatoms. The highest BCUT2D eigenvalue weighted by atomic mass is 19.1. The fourth-order valence-corrected chi connectivity index (χ4v) is 1.09. The van der Waals surface area contributed by atoms with Gasteiger partial charge in [0.1, 0.15) is 11.5 Å². The smallest absolute Gasteiger partial charge is 0.338 e. The maximum absolute atomic E-state index is 13.2. The number of nitrogens with zero attached hydrogens (tertiary/aromatic N) is 1. The summed E-state index contributed by atoms with van der Waals surface area (Å²) < 4.78 is 13.7. The molecule has 1 rings (SSSR count). The Labute approximate surface area is 82.0 Å². The van der Waals surface area contributed by atoms with Crippen molar-refractivity contribution in [2.45, 2.75) is 0 Å². The van der Waals surface area contributed by atoms with Crippen LogP contribution >= 0.6 is 0 Å². The van der Waals surface area contributed by atoms with Crippen LogP contribution in [0, 0.1) is 5.82 Å². The fraction of sp³-hybridized carbons (Fsp3) is 0.300. The molecular formula is C10H13FNO2+. The molecule has 1 aromatic rings. The first-order valence-electron chi connectivity index (χ1n) is 4.17. The van der Waals surface area contributed by atoms with Crippen molar-refractivity contribution in [3.8, 4) is 0 Å². The molecule has 14 heavy (non-hydrogen) atoms.